The van der Waals surface area contributed by atoms with E-state index >= 15 is 0 Å². The summed E-state index contributed by atoms with van der Waals surface area (Å²) in [5.74, 6) is 2.13. The quantitative estimate of drug-likeness (QED) is 0.187. The van der Waals surface area contributed by atoms with Crippen molar-refractivity contribution in [1.82, 2.24) is 15.0 Å². The van der Waals surface area contributed by atoms with E-state index in [0.717, 1.165) is 37.2 Å². The summed E-state index contributed by atoms with van der Waals surface area (Å²) in [7, 11) is 0. The monoisotopic (exact) mass is 527 g/mol. The van der Waals surface area contributed by atoms with Crippen LogP contribution in [0.25, 0.3) is 0 Å². The van der Waals surface area contributed by atoms with E-state index in [2.05, 4.69) is 35.7 Å². The molecule has 2 N–H and O–H groups in total. The van der Waals surface area contributed by atoms with Crippen molar-refractivity contribution in [2.45, 2.75) is 26.4 Å². The molecule has 1 aliphatic rings. The third kappa shape index (κ3) is 6.98. The van der Waals surface area contributed by atoms with Gasteiger partial charge < -0.3 is 19.7 Å². The van der Waals surface area contributed by atoms with Crippen molar-refractivity contribution < 1.29 is 13.9 Å². The molecule has 0 amide bonds. The second-order valence-electron chi connectivity index (χ2n) is 8.86. The number of hydrogen-bond acceptors (Lipinski definition) is 9. The smallest absolute Gasteiger partial charge is 0.250 e. The minimum atomic E-state index is -0.307. The number of hydrogen-bond donors (Lipinski definition) is 2. The molecular weight excluding hydrogens is 497 g/mol. The van der Waals surface area contributed by atoms with E-state index in [1.807, 2.05) is 49.4 Å². The van der Waals surface area contributed by atoms with Crippen LogP contribution in [0, 0.1) is 5.82 Å². The Kier molecular flexibility index (Phi) is 8.42. The minimum Gasteiger partial charge on any atom is -0.490 e. The molecule has 0 unspecified atom stereocenters. The van der Waals surface area contributed by atoms with Crippen LogP contribution in [0.15, 0.2) is 77.9 Å². The highest BCUT2D eigenvalue weighted by Crippen LogP contribution is 2.29. The molecule has 10 heteroatoms. The van der Waals surface area contributed by atoms with Gasteiger partial charge >= 0.3 is 0 Å². The van der Waals surface area contributed by atoms with E-state index < -0.39 is 0 Å². The SMILES string of the molecule is CCOc1cc(/C=N/Nc2nc(Nc3ccccc3)nc(N3CCCC3)n2)ccc1OCc1ccccc1F. The summed E-state index contributed by atoms with van der Waals surface area (Å²) in [6, 6.07) is 21.7. The molecule has 3 aromatic carbocycles. The van der Waals surface area contributed by atoms with Gasteiger partial charge in [0.05, 0.1) is 12.8 Å². The lowest BCUT2D eigenvalue weighted by Crippen LogP contribution is -2.21. The molecule has 0 radical (unpaired) electrons. The standard InChI is InChI=1S/C29H30FN7O2/c1-2-38-26-18-21(14-15-25(26)39-20-22-10-6-7-13-24(22)30)19-31-36-28-33-27(32-23-11-4-3-5-12-23)34-29(35-28)37-16-8-9-17-37/h3-7,10-15,18-19H,2,8-9,16-17,20H2,1H3,(H2,32,33,34,35,36)/b31-19+. The third-order valence-electron chi connectivity index (χ3n) is 6.03. The van der Waals surface area contributed by atoms with Crippen molar-refractivity contribution >= 4 is 29.7 Å². The topological polar surface area (TPSA) is 96.8 Å². The Balaban J connectivity index is 1.30. The molecule has 39 heavy (non-hydrogen) atoms. The second kappa shape index (κ2) is 12.7. The van der Waals surface area contributed by atoms with E-state index in [1.165, 1.54) is 6.07 Å². The van der Waals surface area contributed by atoms with Crippen LogP contribution in [-0.2, 0) is 6.61 Å². The summed E-state index contributed by atoms with van der Waals surface area (Å²) >= 11 is 0. The highest BCUT2D eigenvalue weighted by atomic mass is 19.1. The van der Waals surface area contributed by atoms with Crippen molar-refractivity contribution in [2.75, 3.05) is 35.3 Å². The first-order valence-electron chi connectivity index (χ1n) is 12.9. The number of hydrazone groups is 1. The van der Waals surface area contributed by atoms with Gasteiger partial charge in [-0.3, -0.25) is 0 Å². The van der Waals surface area contributed by atoms with Gasteiger partial charge in [-0.1, -0.05) is 36.4 Å². The largest absolute Gasteiger partial charge is 0.490 e. The summed E-state index contributed by atoms with van der Waals surface area (Å²) in [6.07, 6.45) is 3.86. The van der Waals surface area contributed by atoms with Crippen molar-refractivity contribution in [3.63, 3.8) is 0 Å². The molecule has 200 valence electrons. The Labute approximate surface area is 226 Å². The maximum Gasteiger partial charge on any atom is 0.250 e. The molecule has 0 atom stereocenters. The van der Waals surface area contributed by atoms with Gasteiger partial charge in [0.25, 0.3) is 0 Å². The Morgan fingerprint density at radius 1 is 0.897 bits per heavy atom. The average Bonchev–Trinajstić information content (AvgIpc) is 3.50. The number of nitrogens with one attached hydrogen (secondary N) is 2. The Morgan fingerprint density at radius 2 is 1.67 bits per heavy atom. The molecule has 0 bridgehead atoms. The van der Waals surface area contributed by atoms with Crippen LogP contribution in [0.3, 0.4) is 0 Å². The van der Waals surface area contributed by atoms with Crippen LogP contribution in [0.4, 0.5) is 27.9 Å². The summed E-state index contributed by atoms with van der Waals surface area (Å²) < 4.78 is 25.6. The number of benzene rings is 3. The summed E-state index contributed by atoms with van der Waals surface area (Å²) in [4.78, 5) is 15.8. The highest BCUT2D eigenvalue weighted by molar-refractivity contribution is 5.81. The predicted octanol–water partition coefficient (Wildman–Crippen LogP) is 5.78. The summed E-state index contributed by atoms with van der Waals surface area (Å²) in [6.45, 7) is 4.25. The highest BCUT2D eigenvalue weighted by Gasteiger charge is 2.17. The van der Waals surface area contributed by atoms with Crippen molar-refractivity contribution in [3.05, 3.63) is 89.7 Å². The van der Waals surface area contributed by atoms with Crippen LogP contribution in [0.1, 0.15) is 30.9 Å². The fourth-order valence-electron chi connectivity index (χ4n) is 4.11. The van der Waals surface area contributed by atoms with Crippen LogP contribution in [0.5, 0.6) is 11.5 Å². The lowest BCUT2D eigenvalue weighted by molar-refractivity contribution is 0.266. The minimum absolute atomic E-state index is 0.0970. The first-order chi connectivity index (χ1) is 19.2. The zero-order valence-electron chi connectivity index (χ0n) is 21.7. The molecule has 0 saturated carbocycles. The normalized spacial score (nSPS) is 13.0. The average molecular weight is 528 g/mol. The molecule has 1 aromatic heterocycles. The molecule has 2 heterocycles. The lowest BCUT2D eigenvalue weighted by atomic mass is 10.2. The number of anilines is 4. The van der Waals surface area contributed by atoms with Gasteiger partial charge in [-0.15, -0.1) is 0 Å². The van der Waals surface area contributed by atoms with Crippen LogP contribution >= 0.6 is 0 Å². The van der Waals surface area contributed by atoms with Crippen LogP contribution in [0.2, 0.25) is 0 Å². The van der Waals surface area contributed by atoms with Gasteiger partial charge in [-0.25, -0.2) is 9.82 Å². The van der Waals surface area contributed by atoms with E-state index in [-0.39, 0.29) is 12.4 Å². The molecule has 9 nitrogen and oxygen atoms in total. The van der Waals surface area contributed by atoms with Crippen molar-refractivity contribution in [3.8, 4) is 11.5 Å². The number of nitrogens with zero attached hydrogens (tertiary/aromatic N) is 5. The van der Waals surface area contributed by atoms with Gasteiger partial charge in [0.1, 0.15) is 12.4 Å². The van der Waals surface area contributed by atoms with Crippen molar-refractivity contribution in [2.24, 2.45) is 5.10 Å². The van der Waals surface area contributed by atoms with Gasteiger partial charge in [-0.05, 0) is 61.7 Å². The molecule has 4 aromatic rings. The second-order valence-corrected chi connectivity index (χ2v) is 8.86. The number of aromatic nitrogens is 3. The van der Waals surface area contributed by atoms with E-state index in [9.17, 15) is 4.39 Å². The van der Waals surface area contributed by atoms with Crippen molar-refractivity contribution in [1.29, 1.82) is 0 Å². The fourth-order valence-corrected chi connectivity index (χ4v) is 4.11. The number of para-hydroxylation sites is 1. The number of ether oxygens (including phenoxy) is 2. The van der Waals surface area contributed by atoms with Gasteiger partial charge in [0, 0.05) is 24.3 Å². The van der Waals surface area contributed by atoms with E-state index in [4.69, 9.17) is 9.47 Å². The molecular formula is C29H30FN7O2. The maximum absolute atomic E-state index is 14.0. The van der Waals surface area contributed by atoms with Gasteiger partial charge in [0.2, 0.25) is 17.8 Å². The molecule has 1 aliphatic heterocycles. The van der Waals surface area contributed by atoms with E-state index in [1.54, 1.807) is 30.5 Å². The maximum atomic E-state index is 14.0. The molecule has 5 rings (SSSR count). The van der Waals surface area contributed by atoms with E-state index in [0.29, 0.717) is 41.5 Å². The van der Waals surface area contributed by atoms with Crippen LogP contribution in [-0.4, -0.2) is 40.9 Å². The number of halogens is 1. The Morgan fingerprint density at radius 3 is 2.46 bits per heavy atom. The fraction of sp³-hybridized carbons (Fsp3) is 0.241. The summed E-state index contributed by atoms with van der Waals surface area (Å²) in [5.41, 5.74) is 5.06. The third-order valence-corrected chi connectivity index (χ3v) is 6.03. The van der Waals surface area contributed by atoms with Crippen LogP contribution < -0.4 is 25.1 Å². The molecule has 1 fully saturated rings. The zero-order valence-corrected chi connectivity index (χ0v) is 21.7. The molecule has 1 saturated heterocycles. The predicted molar refractivity (Wildman–Crippen MR) is 151 cm³/mol. The lowest BCUT2D eigenvalue weighted by Gasteiger charge is -2.16. The first-order valence-corrected chi connectivity index (χ1v) is 12.9. The molecule has 0 aliphatic carbocycles. The number of rotatable bonds is 11. The Hall–Kier alpha value is -4.73. The molecule has 0 spiro atoms. The Bertz CT molecular complexity index is 1410. The first kappa shape index (κ1) is 25.9. The zero-order chi connectivity index (χ0) is 26.9. The summed E-state index contributed by atoms with van der Waals surface area (Å²) in [5, 5.41) is 7.58. The van der Waals surface area contributed by atoms with Gasteiger partial charge in [-0.2, -0.15) is 20.1 Å². The van der Waals surface area contributed by atoms with Gasteiger partial charge in [0.15, 0.2) is 11.5 Å².